The van der Waals surface area contributed by atoms with E-state index in [2.05, 4.69) is 22.8 Å². The van der Waals surface area contributed by atoms with Crippen LogP contribution >= 0.6 is 0 Å². The van der Waals surface area contributed by atoms with Crippen molar-refractivity contribution in [1.82, 2.24) is 10.2 Å². The molecule has 1 aliphatic rings. The van der Waals surface area contributed by atoms with Crippen molar-refractivity contribution in [2.24, 2.45) is 11.7 Å². The molecule has 0 unspecified atom stereocenters. The number of nitrogens with one attached hydrogen (secondary N) is 2. The molecule has 6 heteroatoms. The molecule has 2 aromatic carbocycles. The zero-order chi connectivity index (χ0) is 20.1. The Morgan fingerprint density at radius 3 is 2.25 bits per heavy atom. The molecule has 2 aromatic rings. The van der Waals surface area contributed by atoms with Crippen molar-refractivity contribution in [2.45, 2.75) is 25.3 Å². The molecular weight excluding hydrogens is 352 g/mol. The number of urea groups is 1. The first-order valence-corrected chi connectivity index (χ1v) is 9.59. The van der Waals surface area contributed by atoms with Gasteiger partial charge in [-0.2, -0.15) is 0 Å². The number of nitrogens with two attached hydrogens (primary N) is 1. The van der Waals surface area contributed by atoms with Crippen molar-refractivity contribution in [2.75, 3.05) is 25.0 Å². The summed E-state index contributed by atoms with van der Waals surface area (Å²) in [5.74, 6) is 0.317. The molecule has 1 aliphatic heterocycles. The molecule has 0 radical (unpaired) electrons. The summed E-state index contributed by atoms with van der Waals surface area (Å²) in [7, 11) is 0. The summed E-state index contributed by atoms with van der Waals surface area (Å²) in [6.45, 7) is 5.18. The van der Waals surface area contributed by atoms with Crippen LogP contribution in [0.4, 0.5) is 10.5 Å². The number of rotatable bonds is 5. The number of carbonyl (C=O) groups is 2. The molecule has 148 valence electrons. The molecule has 3 rings (SSSR count). The molecule has 1 fully saturated rings. The van der Waals surface area contributed by atoms with Gasteiger partial charge >= 0.3 is 6.03 Å². The summed E-state index contributed by atoms with van der Waals surface area (Å²) < 4.78 is 0. The number of hydrogen-bond acceptors (Lipinski definition) is 3. The smallest absolute Gasteiger partial charge is 0.320 e. The van der Waals surface area contributed by atoms with Crippen LogP contribution in [0.2, 0.25) is 0 Å². The number of benzene rings is 2. The maximum atomic E-state index is 13.1. The Morgan fingerprint density at radius 2 is 1.64 bits per heavy atom. The average molecular weight is 380 g/mol. The van der Waals surface area contributed by atoms with Gasteiger partial charge in [-0.3, -0.25) is 4.79 Å². The van der Waals surface area contributed by atoms with Gasteiger partial charge in [0.05, 0.1) is 0 Å². The third-order valence-corrected chi connectivity index (χ3v) is 5.25. The minimum atomic E-state index is -1.02. The van der Waals surface area contributed by atoms with Gasteiger partial charge in [0.15, 0.2) is 0 Å². The van der Waals surface area contributed by atoms with E-state index in [0.29, 0.717) is 25.3 Å². The van der Waals surface area contributed by atoms with Crippen molar-refractivity contribution in [3.05, 3.63) is 66.2 Å². The Labute approximate surface area is 166 Å². The van der Waals surface area contributed by atoms with Gasteiger partial charge in [-0.05, 0) is 44.0 Å². The van der Waals surface area contributed by atoms with Crippen LogP contribution in [0, 0.1) is 5.92 Å². The van der Waals surface area contributed by atoms with Crippen molar-refractivity contribution in [3.8, 4) is 0 Å². The van der Waals surface area contributed by atoms with E-state index >= 15 is 0 Å². The topological polar surface area (TPSA) is 87.5 Å². The summed E-state index contributed by atoms with van der Waals surface area (Å²) in [6.07, 6.45) is 0. The second-order valence-corrected chi connectivity index (χ2v) is 7.79. The highest BCUT2D eigenvalue weighted by molar-refractivity contribution is 5.95. The van der Waals surface area contributed by atoms with Gasteiger partial charge in [0.25, 0.3) is 0 Å². The van der Waals surface area contributed by atoms with Gasteiger partial charge < -0.3 is 21.3 Å². The lowest BCUT2D eigenvalue weighted by atomic mass is 9.89. The molecule has 0 aliphatic carbocycles. The monoisotopic (exact) mass is 380 g/mol. The maximum absolute atomic E-state index is 13.1. The molecule has 28 heavy (non-hydrogen) atoms. The number of para-hydroxylation sites is 1. The summed E-state index contributed by atoms with van der Waals surface area (Å²) in [4.78, 5) is 27.3. The van der Waals surface area contributed by atoms with Crippen molar-refractivity contribution >= 4 is 17.6 Å². The first kappa shape index (κ1) is 19.9. The van der Waals surface area contributed by atoms with Crippen LogP contribution in [0.25, 0.3) is 0 Å². The second kappa shape index (κ2) is 8.44. The van der Waals surface area contributed by atoms with Crippen LogP contribution in [0.1, 0.15) is 25.3 Å². The average Bonchev–Trinajstić information content (AvgIpc) is 3.12. The van der Waals surface area contributed by atoms with Gasteiger partial charge in [0.2, 0.25) is 5.91 Å². The Balaban J connectivity index is 1.65. The van der Waals surface area contributed by atoms with Crippen LogP contribution in [-0.4, -0.2) is 42.0 Å². The Hall–Kier alpha value is -2.86. The highest BCUT2D eigenvalue weighted by Crippen LogP contribution is 2.33. The lowest BCUT2D eigenvalue weighted by molar-refractivity contribution is -0.135. The first-order valence-electron chi connectivity index (χ1n) is 9.59. The van der Waals surface area contributed by atoms with E-state index in [1.54, 1.807) is 26.0 Å². The highest BCUT2D eigenvalue weighted by atomic mass is 16.2. The lowest BCUT2D eigenvalue weighted by Crippen LogP contribution is -2.56. The third kappa shape index (κ3) is 4.51. The van der Waals surface area contributed by atoms with Gasteiger partial charge in [-0.25, -0.2) is 4.79 Å². The van der Waals surface area contributed by atoms with Crippen LogP contribution < -0.4 is 16.4 Å². The standard InChI is InChI=1S/C22H28N4O2/c1-22(2,25-21(28)24-18-11-7-4-8-12-18)20(27)26-14-17(13-23)19(15-26)16-9-5-3-6-10-16/h3-12,17,19H,13-15,23H2,1-2H3,(H2,24,25,28)/t17-,19+/m1/s1. The minimum absolute atomic E-state index is 0.104. The van der Waals surface area contributed by atoms with Gasteiger partial charge in [0, 0.05) is 24.7 Å². The quantitative estimate of drug-likeness (QED) is 0.745. The van der Waals surface area contributed by atoms with Crippen molar-refractivity contribution in [1.29, 1.82) is 0 Å². The zero-order valence-corrected chi connectivity index (χ0v) is 16.4. The minimum Gasteiger partial charge on any atom is -0.340 e. The van der Waals surface area contributed by atoms with Crippen molar-refractivity contribution < 1.29 is 9.59 Å². The van der Waals surface area contributed by atoms with E-state index in [9.17, 15) is 9.59 Å². The summed E-state index contributed by atoms with van der Waals surface area (Å²) in [5, 5.41) is 5.55. The molecule has 0 spiro atoms. The largest absolute Gasteiger partial charge is 0.340 e. The van der Waals surface area contributed by atoms with Crippen LogP contribution in [0.3, 0.4) is 0 Å². The van der Waals surface area contributed by atoms with E-state index < -0.39 is 11.6 Å². The van der Waals surface area contributed by atoms with Gasteiger partial charge in [-0.1, -0.05) is 48.5 Å². The Morgan fingerprint density at radius 1 is 1.04 bits per heavy atom. The fraction of sp³-hybridized carbons (Fsp3) is 0.364. The molecule has 0 bridgehead atoms. The van der Waals surface area contributed by atoms with Crippen LogP contribution in [-0.2, 0) is 4.79 Å². The molecular formula is C22H28N4O2. The fourth-order valence-corrected chi connectivity index (χ4v) is 3.77. The Kier molecular flexibility index (Phi) is 5.99. The molecule has 2 atom stereocenters. The van der Waals surface area contributed by atoms with E-state index in [1.807, 2.05) is 41.3 Å². The summed E-state index contributed by atoms with van der Waals surface area (Å²) in [5.41, 5.74) is 6.83. The second-order valence-electron chi connectivity index (χ2n) is 7.79. The predicted octanol–water partition coefficient (Wildman–Crippen LogP) is 2.79. The third-order valence-electron chi connectivity index (χ3n) is 5.25. The molecule has 0 saturated carbocycles. The lowest BCUT2D eigenvalue weighted by Gasteiger charge is -2.30. The van der Waals surface area contributed by atoms with Crippen LogP contribution in [0.5, 0.6) is 0 Å². The first-order chi connectivity index (χ1) is 13.4. The Bertz CT molecular complexity index is 808. The number of hydrogen-bond donors (Lipinski definition) is 3. The zero-order valence-electron chi connectivity index (χ0n) is 16.4. The number of amides is 3. The predicted molar refractivity (Wildman–Crippen MR) is 111 cm³/mol. The SMILES string of the molecule is CC(C)(NC(=O)Nc1ccccc1)C(=O)N1C[C@@H](CN)[C@H](c2ccccc2)C1. The molecule has 3 amide bonds. The normalized spacial score (nSPS) is 19.3. The summed E-state index contributed by atoms with van der Waals surface area (Å²) in [6, 6.07) is 18.9. The highest BCUT2D eigenvalue weighted by Gasteiger charge is 2.41. The molecule has 1 saturated heterocycles. The molecule has 4 N–H and O–H groups in total. The number of carbonyl (C=O) groups excluding carboxylic acids is 2. The number of nitrogens with zero attached hydrogens (tertiary/aromatic N) is 1. The maximum Gasteiger partial charge on any atom is 0.320 e. The van der Waals surface area contributed by atoms with Gasteiger partial charge in [-0.15, -0.1) is 0 Å². The molecule has 1 heterocycles. The molecule has 6 nitrogen and oxygen atoms in total. The van der Waals surface area contributed by atoms with E-state index in [-0.39, 0.29) is 17.7 Å². The van der Waals surface area contributed by atoms with Gasteiger partial charge in [0.1, 0.15) is 5.54 Å². The summed E-state index contributed by atoms with van der Waals surface area (Å²) >= 11 is 0. The fourth-order valence-electron chi connectivity index (χ4n) is 3.77. The molecule has 0 aromatic heterocycles. The van der Waals surface area contributed by atoms with Crippen LogP contribution in [0.15, 0.2) is 60.7 Å². The van der Waals surface area contributed by atoms with E-state index in [0.717, 1.165) is 0 Å². The number of anilines is 1. The number of likely N-dealkylation sites (tertiary alicyclic amines) is 1. The van der Waals surface area contributed by atoms with Crippen molar-refractivity contribution in [3.63, 3.8) is 0 Å². The van der Waals surface area contributed by atoms with E-state index in [4.69, 9.17) is 5.73 Å². The van der Waals surface area contributed by atoms with E-state index in [1.165, 1.54) is 5.56 Å².